The molecule has 1 aliphatic heterocycles. The molecule has 0 bridgehead atoms. The number of amides is 1. The van der Waals surface area contributed by atoms with Crippen molar-refractivity contribution in [2.75, 3.05) is 18.6 Å². The summed E-state index contributed by atoms with van der Waals surface area (Å²) in [6.45, 7) is 0.714. The number of methoxy groups -OCH3 is 1. The number of anilines is 1. The summed E-state index contributed by atoms with van der Waals surface area (Å²) in [6.07, 6.45) is 4.74. The first-order valence-corrected chi connectivity index (χ1v) is 8.84. The van der Waals surface area contributed by atoms with E-state index in [1.165, 1.54) is 0 Å². The van der Waals surface area contributed by atoms with Crippen LogP contribution in [0.4, 0.5) is 5.69 Å². The first-order chi connectivity index (χ1) is 12.1. The second-order valence-electron chi connectivity index (χ2n) is 5.79. The highest BCUT2D eigenvalue weighted by atomic mass is 79.9. The predicted octanol–water partition coefficient (Wildman–Crippen LogP) is 4.48. The third kappa shape index (κ3) is 3.99. The van der Waals surface area contributed by atoms with E-state index in [0.717, 1.165) is 27.9 Å². The maximum atomic E-state index is 12.4. The Hall–Kier alpha value is -2.40. The van der Waals surface area contributed by atoms with Gasteiger partial charge in [0.05, 0.1) is 11.6 Å². The van der Waals surface area contributed by atoms with E-state index in [9.17, 15) is 9.59 Å². The van der Waals surface area contributed by atoms with Crippen molar-refractivity contribution in [3.05, 3.63) is 64.1 Å². The fourth-order valence-electron chi connectivity index (χ4n) is 2.80. The fraction of sp³-hybridized carbons (Fsp3) is 0.200. The molecule has 1 saturated heterocycles. The number of benzene rings is 2. The monoisotopic (exact) mass is 399 g/mol. The summed E-state index contributed by atoms with van der Waals surface area (Å²) < 4.78 is 6.03. The summed E-state index contributed by atoms with van der Waals surface area (Å²) >= 11 is 3.43. The van der Waals surface area contributed by atoms with Crippen LogP contribution in [-0.4, -0.2) is 25.3 Å². The average molecular weight is 400 g/mol. The molecule has 0 unspecified atom stereocenters. The summed E-state index contributed by atoms with van der Waals surface area (Å²) in [5.74, 6) is 0.759. The molecular weight excluding hydrogens is 382 g/mol. The van der Waals surface area contributed by atoms with E-state index in [4.69, 9.17) is 4.74 Å². The third-order valence-electron chi connectivity index (χ3n) is 4.12. The summed E-state index contributed by atoms with van der Waals surface area (Å²) in [7, 11) is 1.61. The molecule has 0 radical (unpaired) electrons. The Balaban J connectivity index is 1.77. The van der Waals surface area contributed by atoms with E-state index in [2.05, 4.69) is 15.9 Å². The molecule has 0 atom stereocenters. The molecule has 1 heterocycles. The number of hydrogen-bond acceptors (Lipinski definition) is 3. The second kappa shape index (κ2) is 7.66. The molecule has 0 aliphatic carbocycles. The molecule has 3 rings (SSSR count). The molecule has 25 heavy (non-hydrogen) atoms. The largest absolute Gasteiger partial charge is 0.496 e. The Morgan fingerprint density at radius 1 is 1.24 bits per heavy atom. The molecule has 1 aliphatic rings. The standard InChI is InChI=1S/C20H18BrNO3/c1-25-19-10-8-14(12-17(19)21)7-9-18(23)15-4-2-5-16(13-15)22-11-3-6-20(22)24/h2,4-5,7-10,12-13H,3,6,11H2,1H3/b9-7+. The number of rotatable bonds is 5. The Morgan fingerprint density at radius 3 is 2.76 bits per heavy atom. The molecule has 5 heteroatoms. The van der Waals surface area contributed by atoms with E-state index >= 15 is 0 Å². The van der Waals surface area contributed by atoms with Crippen molar-refractivity contribution in [1.29, 1.82) is 0 Å². The zero-order valence-electron chi connectivity index (χ0n) is 13.9. The Morgan fingerprint density at radius 2 is 2.08 bits per heavy atom. The van der Waals surface area contributed by atoms with Crippen LogP contribution in [0.25, 0.3) is 6.08 Å². The number of allylic oxidation sites excluding steroid dienone is 1. The maximum absolute atomic E-state index is 12.4. The van der Waals surface area contributed by atoms with Gasteiger partial charge in [0.25, 0.3) is 0 Å². The van der Waals surface area contributed by atoms with Crippen molar-refractivity contribution in [3.8, 4) is 5.75 Å². The van der Waals surface area contributed by atoms with Crippen LogP contribution in [0, 0.1) is 0 Å². The lowest BCUT2D eigenvalue weighted by atomic mass is 10.1. The van der Waals surface area contributed by atoms with Crippen molar-refractivity contribution < 1.29 is 14.3 Å². The molecule has 0 saturated carbocycles. The SMILES string of the molecule is COc1ccc(/C=C/C(=O)c2cccc(N3CCCC3=O)c2)cc1Br. The van der Waals surface area contributed by atoms with Crippen LogP contribution in [0.3, 0.4) is 0 Å². The number of carbonyl (C=O) groups excluding carboxylic acids is 2. The highest BCUT2D eigenvalue weighted by molar-refractivity contribution is 9.10. The molecule has 1 fully saturated rings. The molecule has 128 valence electrons. The van der Waals surface area contributed by atoms with Crippen LogP contribution in [0.5, 0.6) is 5.75 Å². The number of carbonyl (C=O) groups is 2. The zero-order chi connectivity index (χ0) is 17.8. The van der Waals surface area contributed by atoms with E-state index in [1.54, 1.807) is 36.3 Å². The summed E-state index contributed by atoms with van der Waals surface area (Å²) in [4.78, 5) is 26.0. The van der Waals surface area contributed by atoms with Crippen LogP contribution >= 0.6 is 15.9 Å². The number of halogens is 1. The minimum absolute atomic E-state index is 0.0968. The molecule has 1 amide bonds. The topological polar surface area (TPSA) is 46.6 Å². The quantitative estimate of drug-likeness (QED) is 0.549. The third-order valence-corrected chi connectivity index (χ3v) is 4.74. The fourth-order valence-corrected chi connectivity index (χ4v) is 3.36. The Bertz CT molecular complexity index is 845. The molecule has 2 aromatic carbocycles. The Kier molecular flexibility index (Phi) is 5.34. The molecule has 0 aromatic heterocycles. The zero-order valence-corrected chi connectivity index (χ0v) is 15.5. The first-order valence-electron chi connectivity index (χ1n) is 8.05. The summed E-state index contributed by atoms with van der Waals surface area (Å²) in [5, 5.41) is 0. The predicted molar refractivity (Wildman–Crippen MR) is 102 cm³/mol. The minimum atomic E-state index is -0.0968. The van der Waals surface area contributed by atoms with Gasteiger partial charge >= 0.3 is 0 Å². The van der Waals surface area contributed by atoms with Crippen LogP contribution in [-0.2, 0) is 4.79 Å². The highest BCUT2D eigenvalue weighted by Crippen LogP contribution is 2.26. The van der Waals surface area contributed by atoms with Crippen molar-refractivity contribution >= 4 is 39.4 Å². The highest BCUT2D eigenvalue weighted by Gasteiger charge is 2.22. The van der Waals surface area contributed by atoms with Gasteiger partial charge in [-0.05, 0) is 58.3 Å². The summed E-state index contributed by atoms with van der Waals surface area (Å²) in [6, 6.07) is 12.8. The van der Waals surface area contributed by atoms with Crippen LogP contribution in [0.2, 0.25) is 0 Å². The minimum Gasteiger partial charge on any atom is -0.496 e. The Labute approximate surface area is 155 Å². The lowest BCUT2D eigenvalue weighted by Gasteiger charge is -2.16. The van der Waals surface area contributed by atoms with Gasteiger partial charge in [-0.2, -0.15) is 0 Å². The van der Waals surface area contributed by atoms with E-state index in [-0.39, 0.29) is 11.7 Å². The molecule has 4 nitrogen and oxygen atoms in total. The normalized spacial score (nSPS) is 14.3. The van der Waals surface area contributed by atoms with Gasteiger partial charge in [-0.1, -0.05) is 24.3 Å². The van der Waals surface area contributed by atoms with Crippen LogP contribution in [0.1, 0.15) is 28.8 Å². The van der Waals surface area contributed by atoms with Crippen LogP contribution in [0.15, 0.2) is 53.0 Å². The lowest BCUT2D eigenvalue weighted by molar-refractivity contribution is -0.117. The molecule has 0 N–H and O–H groups in total. The van der Waals surface area contributed by atoms with Gasteiger partial charge in [0, 0.05) is 24.2 Å². The van der Waals surface area contributed by atoms with E-state index < -0.39 is 0 Å². The van der Waals surface area contributed by atoms with Gasteiger partial charge in [0.15, 0.2) is 5.78 Å². The van der Waals surface area contributed by atoms with Gasteiger partial charge in [-0.3, -0.25) is 9.59 Å². The van der Waals surface area contributed by atoms with Gasteiger partial charge in [0.1, 0.15) is 5.75 Å². The maximum Gasteiger partial charge on any atom is 0.227 e. The van der Waals surface area contributed by atoms with Crippen molar-refractivity contribution in [2.45, 2.75) is 12.8 Å². The number of ketones is 1. The van der Waals surface area contributed by atoms with Gasteiger partial charge in [-0.15, -0.1) is 0 Å². The van der Waals surface area contributed by atoms with Gasteiger partial charge < -0.3 is 9.64 Å². The molecule has 2 aromatic rings. The lowest BCUT2D eigenvalue weighted by Crippen LogP contribution is -2.23. The number of ether oxygens (including phenoxy) is 1. The van der Waals surface area contributed by atoms with Crippen molar-refractivity contribution in [3.63, 3.8) is 0 Å². The van der Waals surface area contributed by atoms with Crippen molar-refractivity contribution in [1.82, 2.24) is 0 Å². The van der Waals surface area contributed by atoms with E-state index in [0.29, 0.717) is 18.5 Å². The number of nitrogens with zero attached hydrogens (tertiary/aromatic N) is 1. The number of hydrogen-bond donors (Lipinski definition) is 0. The van der Waals surface area contributed by atoms with Gasteiger partial charge in [0.2, 0.25) is 5.91 Å². The first kappa shape index (κ1) is 17.4. The molecule has 0 spiro atoms. The summed E-state index contributed by atoms with van der Waals surface area (Å²) in [5.41, 5.74) is 2.25. The average Bonchev–Trinajstić information content (AvgIpc) is 3.06. The smallest absolute Gasteiger partial charge is 0.227 e. The van der Waals surface area contributed by atoms with Crippen LogP contribution < -0.4 is 9.64 Å². The second-order valence-corrected chi connectivity index (χ2v) is 6.65. The molecular formula is C20H18BrNO3. The van der Waals surface area contributed by atoms with Crippen molar-refractivity contribution in [2.24, 2.45) is 0 Å². The van der Waals surface area contributed by atoms with E-state index in [1.807, 2.05) is 30.3 Å². The van der Waals surface area contributed by atoms with Gasteiger partial charge in [-0.25, -0.2) is 0 Å².